The summed E-state index contributed by atoms with van der Waals surface area (Å²) in [5, 5.41) is 10.7. The zero-order chi connectivity index (χ0) is 26.2. The standard InChI is InChI=1S/C18H13ClF6N6O3S/c1-9(16(32)27-30-35(33,34)14-4-2-3-13(19)8-14)31-28-15(26-29-31)10-5-11(17(20,21)22)7-12(6-10)18(23,24)25/h2-9,30H,1H3,(H,27,32)/t9-/m0/s1. The van der Waals surface area contributed by atoms with Crippen molar-refractivity contribution in [1.82, 2.24) is 30.5 Å². The second kappa shape index (κ2) is 9.43. The molecule has 0 unspecified atom stereocenters. The number of carbonyl (C=O) groups excluding carboxylic acids is 1. The lowest BCUT2D eigenvalue weighted by atomic mass is 10.0. The average molecular weight is 543 g/mol. The molecule has 1 heterocycles. The van der Waals surface area contributed by atoms with E-state index in [1.54, 1.807) is 0 Å². The van der Waals surface area contributed by atoms with E-state index >= 15 is 0 Å². The zero-order valence-electron chi connectivity index (χ0n) is 17.2. The number of tetrazole rings is 1. The molecule has 1 amide bonds. The van der Waals surface area contributed by atoms with Gasteiger partial charge in [-0.2, -0.15) is 31.1 Å². The lowest BCUT2D eigenvalue weighted by Gasteiger charge is -2.13. The number of rotatable bonds is 6. The largest absolute Gasteiger partial charge is 0.416 e. The van der Waals surface area contributed by atoms with E-state index in [-0.39, 0.29) is 16.0 Å². The minimum Gasteiger partial charge on any atom is -0.276 e. The SMILES string of the molecule is C[C@@H](C(=O)NNS(=O)(=O)c1cccc(Cl)c1)n1nnc(-c2cc(C(F)(F)F)cc(C(F)(F)F)c2)n1. The normalized spacial score (nSPS) is 13.5. The van der Waals surface area contributed by atoms with Gasteiger partial charge in [0.05, 0.1) is 16.0 Å². The van der Waals surface area contributed by atoms with Crippen molar-refractivity contribution in [3.05, 3.63) is 58.6 Å². The number of hydrazine groups is 1. The maximum Gasteiger partial charge on any atom is 0.416 e. The molecule has 188 valence electrons. The smallest absolute Gasteiger partial charge is 0.276 e. The van der Waals surface area contributed by atoms with Crippen LogP contribution in [0.5, 0.6) is 0 Å². The lowest BCUT2D eigenvalue weighted by molar-refractivity contribution is -0.143. The summed E-state index contributed by atoms with van der Waals surface area (Å²) >= 11 is 5.74. The first kappa shape index (κ1) is 26.4. The lowest BCUT2D eigenvalue weighted by Crippen LogP contribution is -2.44. The van der Waals surface area contributed by atoms with E-state index in [2.05, 4.69) is 15.4 Å². The molecule has 0 saturated carbocycles. The van der Waals surface area contributed by atoms with Crippen LogP contribution in [0, 0.1) is 0 Å². The molecule has 9 nitrogen and oxygen atoms in total. The summed E-state index contributed by atoms with van der Waals surface area (Å²) in [6, 6.07) is 4.49. The Labute approximate surface area is 198 Å². The molecule has 3 rings (SSSR count). The number of nitrogens with one attached hydrogen (secondary N) is 2. The molecular weight excluding hydrogens is 530 g/mol. The van der Waals surface area contributed by atoms with Crippen molar-refractivity contribution in [2.75, 3.05) is 0 Å². The molecule has 0 aliphatic rings. The highest BCUT2D eigenvalue weighted by Gasteiger charge is 2.37. The number of aromatic nitrogens is 4. The van der Waals surface area contributed by atoms with Crippen molar-refractivity contribution in [2.45, 2.75) is 30.2 Å². The van der Waals surface area contributed by atoms with E-state index in [9.17, 15) is 39.6 Å². The number of hydrogen-bond acceptors (Lipinski definition) is 6. The van der Waals surface area contributed by atoms with Crippen molar-refractivity contribution in [2.24, 2.45) is 0 Å². The Kier molecular flexibility index (Phi) is 7.10. The molecule has 0 aliphatic carbocycles. The van der Waals surface area contributed by atoms with E-state index in [0.29, 0.717) is 16.9 Å². The van der Waals surface area contributed by atoms with Gasteiger partial charge in [0.1, 0.15) is 0 Å². The molecule has 2 aromatic carbocycles. The van der Waals surface area contributed by atoms with Crippen LogP contribution in [-0.4, -0.2) is 34.5 Å². The quantitative estimate of drug-likeness (QED) is 0.363. The summed E-state index contributed by atoms with van der Waals surface area (Å²) in [6.07, 6.45) is -10.2. The predicted molar refractivity (Wildman–Crippen MR) is 108 cm³/mol. The monoisotopic (exact) mass is 542 g/mol. The molecule has 1 atom stereocenters. The van der Waals surface area contributed by atoms with Crippen molar-refractivity contribution < 1.29 is 39.6 Å². The van der Waals surface area contributed by atoms with Crippen LogP contribution in [0.1, 0.15) is 24.1 Å². The number of amides is 1. The predicted octanol–water partition coefficient (Wildman–Crippen LogP) is 3.60. The van der Waals surface area contributed by atoms with Gasteiger partial charge in [-0.25, -0.2) is 8.42 Å². The van der Waals surface area contributed by atoms with Gasteiger partial charge in [0.25, 0.3) is 15.9 Å². The van der Waals surface area contributed by atoms with Crippen molar-refractivity contribution >= 4 is 27.5 Å². The van der Waals surface area contributed by atoms with E-state index in [1.165, 1.54) is 25.1 Å². The van der Waals surface area contributed by atoms with Gasteiger partial charge in [0.15, 0.2) is 6.04 Å². The van der Waals surface area contributed by atoms with Crippen LogP contribution in [0.2, 0.25) is 5.02 Å². The highest BCUT2D eigenvalue weighted by Crippen LogP contribution is 2.38. The first-order valence-corrected chi connectivity index (χ1v) is 11.1. The minimum absolute atomic E-state index is 0.0595. The van der Waals surface area contributed by atoms with Gasteiger partial charge in [-0.1, -0.05) is 17.7 Å². The maximum atomic E-state index is 13.1. The Morgan fingerprint density at radius 3 is 2.17 bits per heavy atom. The van der Waals surface area contributed by atoms with Crippen molar-refractivity contribution in [3.63, 3.8) is 0 Å². The van der Waals surface area contributed by atoms with Gasteiger partial charge in [-0.05, 0) is 48.5 Å². The molecule has 0 aliphatic heterocycles. The minimum atomic E-state index is -5.08. The molecule has 1 aromatic heterocycles. The van der Waals surface area contributed by atoms with Crippen LogP contribution in [0.4, 0.5) is 26.3 Å². The molecule has 0 saturated heterocycles. The Hall–Kier alpha value is -3.24. The molecule has 3 aromatic rings. The van der Waals surface area contributed by atoms with E-state index < -0.39 is 56.8 Å². The van der Waals surface area contributed by atoms with Gasteiger partial charge in [0.2, 0.25) is 5.82 Å². The van der Waals surface area contributed by atoms with Crippen LogP contribution in [0.15, 0.2) is 47.4 Å². The summed E-state index contributed by atoms with van der Waals surface area (Å²) in [5.74, 6) is -1.64. The van der Waals surface area contributed by atoms with E-state index in [0.717, 1.165) is 6.07 Å². The molecule has 17 heteroatoms. The van der Waals surface area contributed by atoms with Gasteiger partial charge >= 0.3 is 12.4 Å². The van der Waals surface area contributed by atoms with Crippen LogP contribution in [-0.2, 0) is 27.2 Å². The van der Waals surface area contributed by atoms with Gasteiger partial charge in [-0.3, -0.25) is 10.2 Å². The Morgan fingerprint density at radius 1 is 1.03 bits per heavy atom. The second-order valence-electron chi connectivity index (χ2n) is 6.96. The molecule has 0 radical (unpaired) electrons. The Balaban J connectivity index is 1.81. The van der Waals surface area contributed by atoms with Crippen molar-refractivity contribution in [3.8, 4) is 11.4 Å². The molecule has 0 spiro atoms. The fourth-order valence-corrected chi connectivity index (χ4v) is 3.76. The summed E-state index contributed by atoms with van der Waals surface area (Å²) in [5.41, 5.74) is -1.91. The number of hydrogen-bond donors (Lipinski definition) is 2. The summed E-state index contributed by atoms with van der Waals surface area (Å²) in [4.78, 5) is 14.5. The molecule has 0 fully saturated rings. The summed E-state index contributed by atoms with van der Waals surface area (Å²) < 4.78 is 103. The first-order chi connectivity index (χ1) is 16.1. The fraction of sp³-hybridized carbons (Fsp3) is 0.222. The molecule has 0 bridgehead atoms. The topological polar surface area (TPSA) is 119 Å². The fourth-order valence-electron chi connectivity index (χ4n) is 2.61. The summed E-state index contributed by atoms with van der Waals surface area (Å²) in [6.45, 7) is 1.18. The highest BCUT2D eigenvalue weighted by molar-refractivity contribution is 7.89. The van der Waals surface area contributed by atoms with Gasteiger partial charge in [0, 0.05) is 10.6 Å². The Morgan fingerprint density at radius 2 is 1.63 bits per heavy atom. The maximum absolute atomic E-state index is 13.1. The van der Waals surface area contributed by atoms with Crippen molar-refractivity contribution in [1.29, 1.82) is 0 Å². The van der Waals surface area contributed by atoms with Gasteiger partial charge in [-0.15, -0.1) is 15.0 Å². The summed E-state index contributed by atoms with van der Waals surface area (Å²) in [7, 11) is -4.21. The van der Waals surface area contributed by atoms with E-state index in [1.807, 2.05) is 10.3 Å². The van der Waals surface area contributed by atoms with E-state index in [4.69, 9.17) is 11.6 Å². The third-order valence-corrected chi connectivity index (χ3v) is 5.90. The van der Waals surface area contributed by atoms with Gasteiger partial charge < -0.3 is 0 Å². The van der Waals surface area contributed by atoms with Crippen LogP contribution in [0.25, 0.3) is 11.4 Å². The third-order valence-electron chi connectivity index (χ3n) is 4.41. The molecular formula is C18H13ClF6N6O3S. The number of alkyl halides is 6. The van der Waals surface area contributed by atoms with Crippen LogP contribution < -0.4 is 10.3 Å². The third kappa shape index (κ3) is 6.26. The molecule has 2 N–H and O–H groups in total. The number of nitrogens with zero attached hydrogens (tertiary/aromatic N) is 4. The number of sulfonamides is 1. The molecule has 35 heavy (non-hydrogen) atoms. The Bertz CT molecular complexity index is 1330. The van der Waals surface area contributed by atoms with Crippen LogP contribution >= 0.6 is 11.6 Å². The number of halogens is 7. The second-order valence-corrected chi connectivity index (χ2v) is 9.07. The average Bonchev–Trinajstić information content (AvgIpc) is 3.26. The highest BCUT2D eigenvalue weighted by atomic mass is 35.5. The zero-order valence-corrected chi connectivity index (χ0v) is 18.8. The first-order valence-electron chi connectivity index (χ1n) is 9.24. The van der Waals surface area contributed by atoms with Crippen LogP contribution in [0.3, 0.4) is 0 Å². The number of benzene rings is 2. The number of carbonyl (C=O) groups is 1.